The van der Waals surface area contributed by atoms with Gasteiger partial charge in [-0.25, -0.2) is 13.5 Å². The molecule has 0 bridgehead atoms. The zero-order valence-electron chi connectivity index (χ0n) is 22.6. The van der Waals surface area contributed by atoms with Gasteiger partial charge in [0.1, 0.15) is 22.7 Å². The molecule has 4 N–H and O–H groups in total. The van der Waals surface area contributed by atoms with Gasteiger partial charge in [-0.3, -0.25) is 18.6 Å². The SMILES string of the molecule is CN1Cc2cc(Nc3nn(C4(CC#N)CCN(C(=O)OC(C)(C)C)CC4F)c4cc[nH]c(=O)c34)ccc2S1(O)O. The van der Waals surface area contributed by atoms with E-state index in [0.717, 1.165) is 0 Å². The minimum absolute atomic E-state index is 0.0764. The molecule has 3 aromatic rings. The number of halogens is 1. The van der Waals surface area contributed by atoms with Gasteiger partial charge in [0.15, 0.2) is 5.82 Å². The van der Waals surface area contributed by atoms with Crippen LogP contribution in [0.5, 0.6) is 0 Å². The summed E-state index contributed by atoms with van der Waals surface area (Å²) in [5, 5.41) is 17.7. The van der Waals surface area contributed by atoms with Crippen molar-refractivity contribution in [2.24, 2.45) is 0 Å². The number of aromatic amines is 1. The second-order valence-corrected chi connectivity index (χ2v) is 13.3. The maximum atomic E-state index is 16.1. The van der Waals surface area contributed by atoms with Gasteiger partial charge < -0.3 is 19.9 Å². The first-order valence-electron chi connectivity index (χ1n) is 12.8. The number of nitrogens with zero attached hydrogens (tertiary/aromatic N) is 5. The third-order valence-corrected chi connectivity index (χ3v) is 9.27. The Hall–Kier alpha value is -3.64. The average molecular weight is 574 g/mol. The van der Waals surface area contributed by atoms with Crippen LogP contribution in [0.25, 0.3) is 10.9 Å². The summed E-state index contributed by atoms with van der Waals surface area (Å²) in [5.41, 5.74) is -1.03. The van der Waals surface area contributed by atoms with Gasteiger partial charge in [0.05, 0.1) is 29.4 Å². The molecule has 0 saturated carbocycles. The van der Waals surface area contributed by atoms with E-state index in [-0.39, 0.29) is 37.1 Å². The predicted octanol–water partition coefficient (Wildman–Crippen LogP) is 4.53. The van der Waals surface area contributed by atoms with Crippen LogP contribution in [0.15, 0.2) is 40.2 Å². The van der Waals surface area contributed by atoms with Gasteiger partial charge in [-0.05, 0) is 57.0 Å². The first-order valence-corrected chi connectivity index (χ1v) is 14.3. The lowest BCUT2D eigenvalue weighted by Gasteiger charge is -2.43. The monoisotopic (exact) mass is 573 g/mol. The molecule has 2 aromatic heterocycles. The molecule has 4 heterocycles. The summed E-state index contributed by atoms with van der Waals surface area (Å²) >= 11 is 0. The molecule has 214 valence electrons. The Labute approximate surface area is 231 Å². The zero-order valence-corrected chi connectivity index (χ0v) is 23.5. The molecule has 2 aliphatic heterocycles. The lowest BCUT2D eigenvalue weighted by molar-refractivity contribution is -0.0166. The number of fused-ring (bicyclic) bond motifs is 2. The topological polar surface area (TPSA) is 160 Å². The molecule has 0 radical (unpaired) electrons. The largest absolute Gasteiger partial charge is 0.444 e. The summed E-state index contributed by atoms with van der Waals surface area (Å²) in [4.78, 5) is 29.9. The molecule has 2 unspecified atom stereocenters. The molecule has 2 atom stereocenters. The highest BCUT2D eigenvalue weighted by Gasteiger charge is 2.49. The van der Waals surface area contributed by atoms with Crippen LogP contribution in [0.2, 0.25) is 0 Å². The fraction of sp³-hybridized carbons (Fsp3) is 0.462. The second-order valence-electron chi connectivity index (χ2n) is 11.2. The van der Waals surface area contributed by atoms with Crippen molar-refractivity contribution in [1.82, 2.24) is 24.0 Å². The number of H-pyrrole nitrogens is 1. The highest BCUT2D eigenvalue weighted by Crippen LogP contribution is 2.58. The van der Waals surface area contributed by atoms with Crippen molar-refractivity contribution >= 4 is 39.3 Å². The fourth-order valence-corrected chi connectivity index (χ4v) is 6.65. The molecule has 5 rings (SSSR count). The number of hydrogen-bond donors (Lipinski definition) is 4. The van der Waals surface area contributed by atoms with Crippen molar-refractivity contribution in [2.45, 2.75) is 62.4 Å². The lowest BCUT2D eigenvalue weighted by Crippen LogP contribution is -2.56. The summed E-state index contributed by atoms with van der Waals surface area (Å²) in [6.45, 7) is 5.35. The van der Waals surface area contributed by atoms with Crippen molar-refractivity contribution in [3.8, 4) is 6.07 Å². The normalized spacial score (nSPS) is 23.4. The molecule has 2 aliphatic rings. The average Bonchev–Trinajstić information content (AvgIpc) is 3.34. The number of ether oxygens (including phenoxy) is 1. The summed E-state index contributed by atoms with van der Waals surface area (Å²) in [6, 6.07) is 8.69. The summed E-state index contributed by atoms with van der Waals surface area (Å²) in [7, 11) is -1.43. The fourth-order valence-electron chi connectivity index (χ4n) is 5.27. The van der Waals surface area contributed by atoms with Gasteiger partial charge in [0.25, 0.3) is 5.56 Å². The Balaban J connectivity index is 1.53. The third-order valence-electron chi connectivity index (χ3n) is 7.29. The van der Waals surface area contributed by atoms with Gasteiger partial charge in [-0.1, -0.05) is 0 Å². The molecule has 1 saturated heterocycles. The Morgan fingerprint density at radius 2 is 2.12 bits per heavy atom. The van der Waals surface area contributed by atoms with Crippen LogP contribution >= 0.6 is 10.8 Å². The number of alkyl halides is 1. The van der Waals surface area contributed by atoms with Crippen molar-refractivity contribution in [1.29, 1.82) is 5.26 Å². The van der Waals surface area contributed by atoms with Gasteiger partial charge in [0.2, 0.25) is 0 Å². The van der Waals surface area contributed by atoms with E-state index in [1.165, 1.54) is 20.1 Å². The minimum Gasteiger partial charge on any atom is -0.444 e. The Morgan fingerprint density at radius 3 is 2.80 bits per heavy atom. The van der Waals surface area contributed by atoms with Crippen LogP contribution < -0.4 is 10.9 Å². The first-order chi connectivity index (χ1) is 18.8. The summed E-state index contributed by atoms with van der Waals surface area (Å²) in [6.07, 6.45) is -1.03. The van der Waals surface area contributed by atoms with E-state index in [0.29, 0.717) is 28.2 Å². The van der Waals surface area contributed by atoms with E-state index in [2.05, 4.69) is 21.5 Å². The maximum absolute atomic E-state index is 16.1. The van der Waals surface area contributed by atoms with Crippen LogP contribution in [0.1, 0.15) is 39.2 Å². The van der Waals surface area contributed by atoms with Crippen LogP contribution in [-0.2, 0) is 16.8 Å². The molecule has 0 spiro atoms. The standard InChI is InChI=1S/C26H32FN7O5S/c1-25(2,3)39-24(36)33-12-9-26(8-10-28,20(27)15-33)34-18-7-11-29-23(35)21(18)22(31-34)30-17-5-6-19-16(13-17)14-32(4)40(19,37)38/h5-7,11,13,20,37-38H,8-9,12,14-15H2,1-4H3,(H,29,35)(H,30,31). The minimum atomic E-state index is -3.05. The van der Waals surface area contributed by atoms with E-state index in [9.17, 15) is 24.0 Å². The number of hydrogen-bond acceptors (Lipinski definition) is 9. The van der Waals surface area contributed by atoms with Crippen molar-refractivity contribution in [2.75, 3.05) is 25.5 Å². The highest BCUT2D eigenvalue weighted by atomic mass is 32.3. The molecule has 40 heavy (non-hydrogen) atoms. The highest BCUT2D eigenvalue weighted by molar-refractivity contribution is 8.22. The molecule has 14 heteroatoms. The molecular weight excluding hydrogens is 541 g/mol. The molecule has 1 fully saturated rings. The number of benzene rings is 1. The summed E-state index contributed by atoms with van der Waals surface area (Å²) in [5.74, 6) is 0.161. The quantitative estimate of drug-likeness (QED) is 0.352. The molecular formula is C26H32FN7O5S. The van der Waals surface area contributed by atoms with Crippen molar-refractivity contribution in [3.05, 3.63) is 46.4 Å². The number of likely N-dealkylation sites (tertiary alicyclic amines) is 1. The van der Waals surface area contributed by atoms with Crippen LogP contribution in [0, 0.1) is 11.3 Å². The molecule has 1 aromatic carbocycles. The van der Waals surface area contributed by atoms with Gasteiger partial charge in [-0.15, -0.1) is 10.8 Å². The molecule has 1 amide bonds. The van der Waals surface area contributed by atoms with E-state index >= 15 is 4.39 Å². The van der Waals surface area contributed by atoms with Crippen LogP contribution in [0.4, 0.5) is 20.7 Å². The number of nitriles is 1. The lowest BCUT2D eigenvalue weighted by atomic mass is 9.83. The number of amides is 1. The third kappa shape index (κ3) is 4.68. The zero-order chi connectivity index (χ0) is 29.0. The second kappa shape index (κ2) is 9.77. The number of carbonyl (C=O) groups excluding carboxylic acids is 1. The number of anilines is 2. The van der Waals surface area contributed by atoms with Gasteiger partial charge in [-0.2, -0.15) is 10.4 Å². The summed E-state index contributed by atoms with van der Waals surface area (Å²) < 4.78 is 45.2. The molecule has 12 nitrogen and oxygen atoms in total. The van der Waals surface area contributed by atoms with Gasteiger partial charge in [0, 0.05) is 32.0 Å². The smallest absolute Gasteiger partial charge is 0.410 e. The van der Waals surface area contributed by atoms with Crippen LogP contribution in [0.3, 0.4) is 0 Å². The number of piperidine rings is 1. The predicted molar refractivity (Wildman–Crippen MR) is 148 cm³/mol. The Bertz CT molecular complexity index is 1580. The number of pyridine rings is 1. The Morgan fingerprint density at radius 1 is 1.38 bits per heavy atom. The van der Waals surface area contributed by atoms with Crippen molar-refractivity contribution < 1.29 is 23.0 Å². The van der Waals surface area contributed by atoms with E-state index < -0.39 is 39.7 Å². The first kappa shape index (κ1) is 27.9. The number of aromatic nitrogens is 3. The Kier molecular flexibility index (Phi) is 6.82. The maximum Gasteiger partial charge on any atom is 0.410 e. The van der Waals surface area contributed by atoms with E-state index in [4.69, 9.17) is 4.74 Å². The van der Waals surface area contributed by atoms with Crippen molar-refractivity contribution in [3.63, 3.8) is 0 Å². The van der Waals surface area contributed by atoms with E-state index in [1.807, 2.05) is 0 Å². The number of carbonyl (C=O) groups is 1. The number of rotatable bonds is 4. The van der Waals surface area contributed by atoms with Gasteiger partial charge >= 0.3 is 6.09 Å². The van der Waals surface area contributed by atoms with Crippen LogP contribution in [-0.4, -0.2) is 71.1 Å². The van der Waals surface area contributed by atoms with E-state index in [1.54, 1.807) is 52.1 Å². The molecule has 0 aliphatic carbocycles. The number of nitrogens with one attached hydrogen (secondary N) is 2.